The van der Waals surface area contributed by atoms with E-state index in [1.165, 1.54) is 19.3 Å². The van der Waals surface area contributed by atoms with Gasteiger partial charge in [0, 0.05) is 13.0 Å². The molecule has 1 saturated carbocycles. The monoisotopic (exact) mass is 167 g/mol. The summed E-state index contributed by atoms with van der Waals surface area (Å²) >= 11 is 0. The van der Waals surface area contributed by atoms with Gasteiger partial charge in [0.2, 0.25) is 5.91 Å². The third kappa shape index (κ3) is 3.07. The number of carbonyl (C=O) groups excluding carboxylic acids is 1. The molecule has 1 rings (SSSR count). The van der Waals surface area contributed by atoms with Crippen LogP contribution in [0.25, 0.3) is 0 Å². The molecule has 0 heterocycles. The maximum absolute atomic E-state index is 11.2. The second-order valence-electron chi connectivity index (χ2n) is 3.73. The van der Waals surface area contributed by atoms with E-state index >= 15 is 0 Å². The number of amides is 1. The molecule has 12 heavy (non-hydrogen) atoms. The van der Waals surface area contributed by atoms with E-state index in [0.717, 1.165) is 5.57 Å². The molecule has 0 bridgehead atoms. The number of carbonyl (C=O) groups is 1. The van der Waals surface area contributed by atoms with Crippen LogP contribution in [0.2, 0.25) is 0 Å². The molecule has 0 spiro atoms. The number of hydrogen-bond acceptors (Lipinski definition) is 1. The summed E-state index contributed by atoms with van der Waals surface area (Å²) in [4.78, 5) is 11.2. The first-order chi connectivity index (χ1) is 5.68. The van der Waals surface area contributed by atoms with Crippen LogP contribution in [0.3, 0.4) is 0 Å². The first-order valence-electron chi connectivity index (χ1n) is 4.59. The summed E-state index contributed by atoms with van der Waals surface area (Å²) in [5, 5.41) is 2.84. The lowest BCUT2D eigenvalue weighted by molar-refractivity contribution is -0.122. The van der Waals surface area contributed by atoms with Crippen LogP contribution in [0.1, 0.15) is 32.6 Å². The Morgan fingerprint density at radius 2 is 2.25 bits per heavy atom. The maximum atomic E-state index is 11.2. The molecule has 68 valence electrons. The number of hydrogen-bond donors (Lipinski definition) is 1. The SMILES string of the molecule is C=C(C)CNC(=O)CC1CCC1. The van der Waals surface area contributed by atoms with Crippen LogP contribution in [0.4, 0.5) is 0 Å². The van der Waals surface area contributed by atoms with Gasteiger partial charge in [-0.15, -0.1) is 0 Å². The van der Waals surface area contributed by atoms with E-state index in [4.69, 9.17) is 0 Å². The van der Waals surface area contributed by atoms with Crippen molar-refractivity contribution in [2.75, 3.05) is 6.54 Å². The van der Waals surface area contributed by atoms with Gasteiger partial charge in [0.25, 0.3) is 0 Å². The van der Waals surface area contributed by atoms with Crippen molar-refractivity contribution in [1.82, 2.24) is 5.32 Å². The van der Waals surface area contributed by atoms with Gasteiger partial charge in [-0.3, -0.25) is 4.79 Å². The van der Waals surface area contributed by atoms with Crippen molar-refractivity contribution in [3.05, 3.63) is 12.2 Å². The van der Waals surface area contributed by atoms with Gasteiger partial charge in [-0.1, -0.05) is 18.6 Å². The molecule has 0 aromatic carbocycles. The molecule has 2 heteroatoms. The minimum absolute atomic E-state index is 0.183. The first kappa shape index (κ1) is 9.30. The molecule has 0 aliphatic heterocycles. The Hall–Kier alpha value is -0.790. The Balaban J connectivity index is 2.06. The van der Waals surface area contributed by atoms with Crippen molar-refractivity contribution in [3.63, 3.8) is 0 Å². The normalized spacial score (nSPS) is 16.8. The van der Waals surface area contributed by atoms with Gasteiger partial charge in [0.05, 0.1) is 0 Å². The average molecular weight is 167 g/mol. The van der Waals surface area contributed by atoms with Gasteiger partial charge in [0.15, 0.2) is 0 Å². The highest BCUT2D eigenvalue weighted by atomic mass is 16.1. The van der Waals surface area contributed by atoms with E-state index in [1.54, 1.807) is 0 Å². The van der Waals surface area contributed by atoms with Crippen LogP contribution in [0, 0.1) is 5.92 Å². The quantitative estimate of drug-likeness (QED) is 0.636. The maximum Gasteiger partial charge on any atom is 0.220 e. The number of nitrogens with one attached hydrogen (secondary N) is 1. The zero-order valence-electron chi connectivity index (χ0n) is 7.73. The zero-order chi connectivity index (χ0) is 8.97. The Kier molecular flexibility index (Phi) is 3.32. The van der Waals surface area contributed by atoms with Crippen LogP contribution >= 0.6 is 0 Å². The largest absolute Gasteiger partial charge is 0.352 e. The lowest BCUT2D eigenvalue weighted by Crippen LogP contribution is -2.28. The van der Waals surface area contributed by atoms with Gasteiger partial charge < -0.3 is 5.32 Å². The molecule has 0 atom stereocenters. The van der Waals surface area contributed by atoms with Crippen molar-refractivity contribution in [1.29, 1.82) is 0 Å². The lowest BCUT2D eigenvalue weighted by Gasteiger charge is -2.24. The highest BCUT2D eigenvalue weighted by Crippen LogP contribution is 2.28. The highest BCUT2D eigenvalue weighted by Gasteiger charge is 2.20. The molecular formula is C10H17NO. The van der Waals surface area contributed by atoms with Crippen molar-refractivity contribution in [3.8, 4) is 0 Å². The van der Waals surface area contributed by atoms with E-state index in [-0.39, 0.29) is 5.91 Å². The summed E-state index contributed by atoms with van der Waals surface area (Å²) in [6.07, 6.45) is 4.49. The van der Waals surface area contributed by atoms with Gasteiger partial charge >= 0.3 is 0 Å². The van der Waals surface area contributed by atoms with Gasteiger partial charge in [-0.05, 0) is 25.7 Å². The van der Waals surface area contributed by atoms with Crippen molar-refractivity contribution >= 4 is 5.91 Å². The lowest BCUT2D eigenvalue weighted by atomic mass is 9.83. The molecule has 2 nitrogen and oxygen atoms in total. The molecule has 0 aromatic heterocycles. The molecule has 1 amide bonds. The van der Waals surface area contributed by atoms with Crippen LogP contribution < -0.4 is 5.32 Å². The van der Waals surface area contributed by atoms with Crippen LogP contribution in [-0.2, 0) is 4.79 Å². The third-order valence-electron chi connectivity index (χ3n) is 2.29. The van der Waals surface area contributed by atoms with Crippen molar-refractivity contribution < 1.29 is 4.79 Å². The molecule has 1 aliphatic rings. The topological polar surface area (TPSA) is 29.1 Å². The fraction of sp³-hybridized carbons (Fsp3) is 0.700. The predicted molar refractivity (Wildman–Crippen MR) is 49.8 cm³/mol. The van der Waals surface area contributed by atoms with Crippen LogP contribution in [-0.4, -0.2) is 12.5 Å². The van der Waals surface area contributed by atoms with Gasteiger partial charge in [-0.2, -0.15) is 0 Å². The molecule has 0 aromatic rings. The Bertz CT molecular complexity index is 182. The van der Waals surface area contributed by atoms with Gasteiger partial charge in [-0.25, -0.2) is 0 Å². The Morgan fingerprint density at radius 3 is 2.67 bits per heavy atom. The van der Waals surface area contributed by atoms with Crippen LogP contribution in [0.15, 0.2) is 12.2 Å². The third-order valence-corrected chi connectivity index (χ3v) is 2.29. The predicted octanol–water partition coefficient (Wildman–Crippen LogP) is 1.87. The molecule has 0 saturated heterocycles. The van der Waals surface area contributed by atoms with Crippen molar-refractivity contribution in [2.45, 2.75) is 32.6 Å². The van der Waals surface area contributed by atoms with E-state index in [2.05, 4.69) is 11.9 Å². The second-order valence-corrected chi connectivity index (χ2v) is 3.73. The van der Waals surface area contributed by atoms with Crippen LogP contribution in [0.5, 0.6) is 0 Å². The smallest absolute Gasteiger partial charge is 0.220 e. The van der Waals surface area contributed by atoms with E-state index < -0.39 is 0 Å². The summed E-state index contributed by atoms with van der Waals surface area (Å²) in [6.45, 7) is 6.28. The van der Waals surface area contributed by atoms with E-state index in [9.17, 15) is 4.79 Å². The second kappa shape index (κ2) is 4.29. The van der Waals surface area contributed by atoms with E-state index in [0.29, 0.717) is 18.9 Å². The Morgan fingerprint density at radius 1 is 1.58 bits per heavy atom. The first-order valence-corrected chi connectivity index (χ1v) is 4.59. The molecule has 0 radical (unpaired) electrons. The summed E-state index contributed by atoms with van der Waals surface area (Å²) in [6, 6.07) is 0. The molecule has 1 fully saturated rings. The molecule has 0 unspecified atom stereocenters. The molecule has 1 aliphatic carbocycles. The summed E-state index contributed by atoms with van der Waals surface area (Å²) in [5.74, 6) is 0.845. The summed E-state index contributed by atoms with van der Waals surface area (Å²) in [7, 11) is 0. The summed E-state index contributed by atoms with van der Waals surface area (Å²) in [5.41, 5.74) is 1.01. The van der Waals surface area contributed by atoms with E-state index in [1.807, 2.05) is 6.92 Å². The fourth-order valence-corrected chi connectivity index (χ4v) is 1.28. The standard InChI is InChI=1S/C10H17NO/c1-8(2)7-11-10(12)6-9-4-3-5-9/h9H,1,3-7H2,2H3,(H,11,12). The highest BCUT2D eigenvalue weighted by molar-refractivity contribution is 5.76. The zero-order valence-corrected chi connectivity index (χ0v) is 7.73. The van der Waals surface area contributed by atoms with Gasteiger partial charge in [0.1, 0.15) is 0 Å². The minimum Gasteiger partial charge on any atom is -0.352 e. The number of rotatable bonds is 4. The minimum atomic E-state index is 0.183. The Labute approximate surface area is 74.0 Å². The summed E-state index contributed by atoms with van der Waals surface area (Å²) < 4.78 is 0. The average Bonchev–Trinajstić information content (AvgIpc) is 1.93. The molecular weight excluding hydrogens is 150 g/mol. The van der Waals surface area contributed by atoms with Crippen molar-refractivity contribution in [2.24, 2.45) is 5.92 Å². The molecule has 1 N–H and O–H groups in total. The fourth-order valence-electron chi connectivity index (χ4n) is 1.28.